The third-order valence-corrected chi connectivity index (χ3v) is 2.20. The molecule has 6 N–H and O–H groups in total. The highest BCUT2D eigenvalue weighted by Crippen LogP contribution is 2.10. The fourth-order valence-electron chi connectivity index (χ4n) is 0.573. The van der Waals surface area contributed by atoms with Gasteiger partial charge in [0.2, 0.25) is 0 Å². The van der Waals surface area contributed by atoms with Crippen molar-refractivity contribution in [3.8, 4) is 0 Å². The highest BCUT2D eigenvalue weighted by molar-refractivity contribution is 4.69. The summed E-state index contributed by atoms with van der Waals surface area (Å²) in [6, 6.07) is 0. The average Bonchev–Trinajstić information content (AvgIpc) is 2.35. The molecule has 0 bridgehead atoms. The zero-order valence-electron chi connectivity index (χ0n) is 9.71. The predicted molar refractivity (Wildman–Crippen MR) is 58.7 cm³/mol. The van der Waals surface area contributed by atoms with E-state index in [-0.39, 0.29) is 45.6 Å². The van der Waals surface area contributed by atoms with E-state index in [0.29, 0.717) is 6.42 Å². The van der Waals surface area contributed by atoms with E-state index in [2.05, 4.69) is 0 Å². The molecule has 0 spiro atoms. The first-order valence-corrected chi connectivity index (χ1v) is 5.18. The zero-order valence-corrected chi connectivity index (χ0v) is 9.71. The largest absolute Gasteiger partial charge is 0.396 e. The summed E-state index contributed by atoms with van der Waals surface area (Å²) >= 11 is 0. The van der Waals surface area contributed by atoms with Crippen LogP contribution in [-0.4, -0.2) is 70.3 Å². The van der Waals surface area contributed by atoms with Gasteiger partial charge in [-0.05, 0) is 6.42 Å². The van der Waals surface area contributed by atoms with Gasteiger partial charge in [-0.25, -0.2) is 0 Å². The summed E-state index contributed by atoms with van der Waals surface area (Å²) in [6.45, 7) is 1.01. The Bertz CT molecular complexity index is 125. The Hall–Kier alpha value is -0.240. The SMILES string of the molecule is CC(CO)(CO)CO.OCCC(CO)CO. The first-order chi connectivity index (χ1) is 7.53. The Morgan fingerprint density at radius 1 is 0.812 bits per heavy atom. The van der Waals surface area contributed by atoms with E-state index < -0.39 is 5.41 Å². The molecule has 0 saturated carbocycles. The molecule has 0 aromatic carbocycles. The Balaban J connectivity index is 0. The Kier molecular flexibility index (Phi) is 12.8. The summed E-state index contributed by atoms with van der Waals surface area (Å²) in [4.78, 5) is 0. The molecule has 0 amide bonds. The average molecular weight is 240 g/mol. The molecule has 0 aliphatic carbocycles. The fourth-order valence-corrected chi connectivity index (χ4v) is 0.573. The Labute approximate surface area is 95.8 Å². The minimum Gasteiger partial charge on any atom is -0.396 e. The van der Waals surface area contributed by atoms with Crippen molar-refractivity contribution in [1.29, 1.82) is 0 Å². The number of hydrogen-bond acceptors (Lipinski definition) is 6. The molecule has 0 fully saturated rings. The highest BCUT2D eigenvalue weighted by Gasteiger charge is 2.20. The minimum absolute atomic E-state index is 0.0335. The van der Waals surface area contributed by atoms with Gasteiger partial charge in [-0.1, -0.05) is 6.92 Å². The van der Waals surface area contributed by atoms with Gasteiger partial charge in [0.05, 0.1) is 19.8 Å². The molecule has 6 heteroatoms. The maximum absolute atomic E-state index is 8.47. The van der Waals surface area contributed by atoms with Gasteiger partial charge in [-0.15, -0.1) is 0 Å². The van der Waals surface area contributed by atoms with Crippen LogP contribution in [0.1, 0.15) is 13.3 Å². The smallest absolute Gasteiger partial charge is 0.0528 e. The molecule has 0 aliphatic rings. The fraction of sp³-hybridized carbons (Fsp3) is 1.00. The standard InChI is InChI=1S/2C5H12O3/c1-5(2-6,3-7)4-8;6-2-1-5(3-7)4-8/h6-8H,2-4H2,1H3;5-8H,1-4H2. The third-order valence-electron chi connectivity index (χ3n) is 2.20. The maximum atomic E-state index is 8.47. The van der Waals surface area contributed by atoms with Crippen LogP contribution in [-0.2, 0) is 0 Å². The van der Waals surface area contributed by atoms with Crippen LogP contribution in [0.3, 0.4) is 0 Å². The molecular formula is C10H24O6. The second-order valence-electron chi connectivity index (χ2n) is 4.03. The third kappa shape index (κ3) is 9.02. The van der Waals surface area contributed by atoms with Crippen molar-refractivity contribution in [2.24, 2.45) is 11.3 Å². The first-order valence-electron chi connectivity index (χ1n) is 5.18. The van der Waals surface area contributed by atoms with Crippen molar-refractivity contribution >= 4 is 0 Å². The summed E-state index contributed by atoms with van der Waals surface area (Å²) in [5.74, 6) is -0.139. The molecule has 0 aromatic rings. The van der Waals surface area contributed by atoms with E-state index in [4.69, 9.17) is 30.6 Å². The van der Waals surface area contributed by atoms with Crippen molar-refractivity contribution in [1.82, 2.24) is 0 Å². The maximum Gasteiger partial charge on any atom is 0.0528 e. The zero-order chi connectivity index (χ0) is 13.0. The topological polar surface area (TPSA) is 121 Å². The second kappa shape index (κ2) is 11.3. The van der Waals surface area contributed by atoms with Crippen LogP contribution in [0.25, 0.3) is 0 Å². The van der Waals surface area contributed by atoms with Gasteiger partial charge in [0.25, 0.3) is 0 Å². The van der Waals surface area contributed by atoms with E-state index in [9.17, 15) is 0 Å². The molecule has 0 rings (SSSR count). The quantitative estimate of drug-likeness (QED) is 0.304. The summed E-state index contributed by atoms with van der Waals surface area (Å²) < 4.78 is 0. The van der Waals surface area contributed by atoms with Crippen molar-refractivity contribution in [3.05, 3.63) is 0 Å². The van der Waals surface area contributed by atoms with E-state index >= 15 is 0 Å². The van der Waals surface area contributed by atoms with Crippen LogP contribution in [0.4, 0.5) is 0 Å². The molecule has 0 saturated heterocycles. The second-order valence-corrected chi connectivity index (χ2v) is 4.03. The Morgan fingerprint density at radius 3 is 1.25 bits per heavy atom. The van der Waals surface area contributed by atoms with E-state index in [1.807, 2.05) is 0 Å². The number of hydrogen-bond donors (Lipinski definition) is 6. The summed E-state index contributed by atoms with van der Waals surface area (Å²) in [7, 11) is 0. The molecule has 0 heterocycles. The van der Waals surface area contributed by atoms with Gasteiger partial charge < -0.3 is 30.6 Å². The van der Waals surface area contributed by atoms with Crippen LogP contribution in [0, 0.1) is 11.3 Å². The van der Waals surface area contributed by atoms with Crippen molar-refractivity contribution in [3.63, 3.8) is 0 Å². The van der Waals surface area contributed by atoms with Crippen LogP contribution < -0.4 is 0 Å². The van der Waals surface area contributed by atoms with Crippen molar-refractivity contribution in [2.75, 3.05) is 39.6 Å². The molecule has 0 aliphatic heterocycles. The van der Waals surface area contributed by atoms with Crippen molar-refractivity contribution in [2.45, 2.75) is 13.3 Å². The molecule has 0 atom stereocenters. The molecule has 0 radical (unpaired) electrons. The van der Waals surface area contributed by atoms with Crippen LogP contribution >= 0.6 is 0 Å². The van der Waals surface area contributed by atoms with Crippen LogP contribution in [0.15, 0.2) is 0 Å². The summed E-state index contributed by atoms with van der Waals surface area (Å²) in [5, 5.41) is 50.4. The highest BCUT2D eigenvalue weighted by atomic mass is 16.3. The van der Waals surface area contributed by atoms with Gasteiger partial charge in [0.1, 0.15) is 0 Å². The van der Waals surface area contributed by atoms with Gasteiger partial charge >= 0.3 is 0 Å². The van der Waals surface area contributed by atoms with Gasteiger partial charge in [0.15, 0.2) is 0 Å². The molecule has 6 nitrogen and oxygen atoms in total. The lowest BCUT2D eigenvalue weighted by Gasteiger charge is -2.20. The monoisotopic (exact) mass is 240 g/mol. The van der Waals surface area contributed by atoms with Crippen molar-refractivity contribution < 1.29 is 30.6 Å². The van der Waals surface area contributed by atoms with Gasteiger partial charge in [-0.3, -0.25) is 0 Å². The number of rotatable bonds is 7. The van der Waals surface area contributed by atoms with E-state index in [1.165, 1.54) is 0 Å². The lowest BCUT2D eigenvalue weighted by molar-refractivity contribution is 0.0200. The van der Waals surface area contributed by atoms with Gasteiger partial charge in [-0.2, -0.15) is 0 Å². The summed E-state index contributed by atoms with van der Waals surface area (Å²) in [6.07, 6.45) is 0.479. The lowest BCUT2D eigenvalue weighted by Crippen LogP contribution is -2.29. The minimum atomic E-state index is -0.708. The number of aliphatic hydroxyl groups is 6. The van der Waals surface area contributed by atoms with Gasteiger partial charge in [0, 0.05) is 31.2 Å². The van der Waals surface area contributed by atoms with Crippen LogP contribution in [0.2, 0.25) is 0 Å². The molecule has 16 heavy (non-hydrogen) atoms. The first kappa shape index (κ1) is 18.1. The molecular weight excluding hydrogens is 216 g/mol. The van der Waals surface area contributed by atoms with E-state index in [1.54, 1.807) is 6.92 Å². The lowest BCUT2D eigenvalue weighted by atomic mass is 9.95. The normalized spacial score (nSPS) is 11.2. The number of aliphatic hydroxyl groups excluding tert-OH is 6. The predicted octanol–water partition coefficient (Wildman–Crippen LogP) is -2.06. The summed E-state index contributed by atoms with van der Waals surface area (Å²) in [5.41, 5.74) is -0.708. The molecule has 100 valence electrons. The van der Waals surface area contributed by atoms with Crippen LogP contribution in [0.5, 0.6) is 0 Å². The Morgan fingerprint density at radius 2 is 1.19 bits per heavy atom. The molecule has 0 aromatic heterocycles. The van der Waals surface area contributed by atoms with E-state index in [0.717, 1.165) is 0 Å². The molecule has 0 unspecified atom stereocenters.